The summed E-state index contributed by atoms with van der Waals surface area (Å²) in [6, 6.07) is 12.1. The molecule has 0 saturated heterocycles. The molecule has 0 atom stereocenters. The van der Waals surface area contributed by atoms with Crippen LogP contribution >= 0.6 is 0 Å². The molecule has 21 heavy (non-hydrogen) atoms. The van der Waals surface area contributed by atoms with Crippen molar-refractivity contribution in [3.05, 3.63) is 58.9 Å². The van der Waals surface area contributed by atoms with Gasteiger partial charge in [-0.2, -0.15) is 0 Å². The van der Waals surface area contributed by atoms with Gasteiger partial charge in [-0.15, -0.1) is 0 Å². The summed E-state index contributed by atoms with van der Waals surface area (Å²) in [6.45, 7) is 5.07. The molecule has 0 aliphatic rings. The first-order valence-corrected chi connectivity index (χ1v) is 7.11. The van der Waals surface area contributed by atoms with E-state index >= 15 is 0 Å². The number of carbonyl (C=O) groups is 1. The van der Waals surface area contributed by atoms with Crippen molar-refractivity contribution in [2.75, 3.05) is 20.2 Å². The van der Waals surface area contributed by atoms with Crippen molar-refractivity contribution >= 4 is 5.91 Å². The number of hydrogen-bond donors (Lipinski definition) is 1. The van der Waals surface area contributed by atoms with Gasteiger partial charge in [-0.05, 0) is 25.5 Å². The van der Waals surface area contributed by atoms with Gasteiger partial charge in [0.2, 0.25) is 0 Å². The molecule has 112 valence electrons. The third-order valence-corrected chi connectivity index (χ3v) is 3.77. The maximum absolute atomic E-state index is 12.4. The van der Waals surface area contributed by atoms with Gasteiger partial charge < -0.3 is 14.6 Å². The first-order valence-electron chi connectivity index (χ1n) is 7.11. The number of hydrogen-bond acceptors (Lipinski definition) is 2. The zero-order valence-electron chi connectivity index (χ0n) is 12.8. The second kappa shape index (κ2) is 6.59. The molecule has 4 heteroatoms. The van der Waals surface area contributed by atoms with Gasteiger partial charge in [0.15, 0.2) is 0 Å². The first-order chi connectivity index (χ1) is 10.0. The highest BCUT2D eigenvalue weighted by atomic mass is 16.3. The largest absolute Gasteiger partial charge is 0.395 e. The average Bonchev–Trinajstić information content (AvgIpc) is 2.76. The number of amides is 1. The molecule has 0 fully saturated rings. The minimum atomic E-state index is -0.0449. The Balaban J connectivity index is 2.27. The van der Waals surface area contributed by atoms with E-state index in [0.717, 1.165) is 17.9 Å². The molecule has 0 unspecified atom stereocenters. The van der Waals surface area contributed by atoms with Crippen molar-refractivity contribution in [1.82, 2.24) is 9.47 Å². The quantitative estimate of drug-likeness (QED) is 0.916. The minimum Gasteiger partial charge on any atom is -0.395 e. The average molecular weight is 286 g/mol. The van der Waals surface area contributed by atoms with Crippen LogP contribution in [-0.2, 0) is 6.54 Å². The maximum Gasteiger partial charge on any atom is 0.255 e. The summed E-state index contributed by atoms with van der Waals surface area (Å²) in [5, 5.41) is 8.96. The number of rotatable bonds is 5. The van der Waals surface area contributed by atoms with Crippen molar-refractivity contribution in [1.29, 1.82) is 0 Å². The Labute approximate surface area is 125 Å². The van der Waals surface area contributed by atoms with Gasteiger partial charge in [0.25, 0.3) is 5.91 Å². The van der Waals surface area contributed by atoms with E-state index in [1.807, 2.05) is 38.1 Å². The molecule has 0 aliphatic carbocycles. The Hall–Kier alpha value is -2.07. The van der Waals surface area contributed by atoms with E-state index in [0.29, 0.717) is 12.1 Å². The maximum atomic E-state index is 12.4. The number of carbonyl (C=O) groups excluding carboxylic acids is 1. The molecule has 4 nitrogen and oxygen atoms in total. The van der Waals surface area contributed by atoms with Gasteiger partial charge in [-0.1, -0.05) is 30.3 Å². The SMILES string of the molecule is Cc1cc(C(=O)N(C)CCO)c(C)n1Cc1ccccc1. The lowest BCUT2D eigenvalue weighted by atomic mass is 10.2. The van der Waals surface area contributed by atoms with Gasteiger partial charge in [0, 0.05) is 31.5 Å². The fourth-order valence-corrected chi connectivity index (χ4v) is 2.48. The minimum absolute atomic E-state index is 0.0228. The van der Waals surface area contributed by atoms with Gasteiger partial charge in [-0.25, -0.2) is 0 Å². The van der Waals surface area contributed by atoms with Crippen LogP contribution in [0.4, 0.5) is 0 Å². The fraction of sp³-hybridized carbons (Fsp3) is 0.353. The third kappa shape index (κ3) is 3.34. The van der Waals surface area contributed by atoms with E-state index in [1.54, 1.807) is 11.9 Å². The molecular formula is C17H22N2O2. The van der Waals surface area contributed by atoms with Crippen LogP contribution in [-0.4, -0.2) is 40.7 Å². The number of aliphatic hydroxyl groups is 1. The molecule has 2 rings (SSSR count). The summed E-state index contributed by atoms with van der Waals surface area (Å²) in [7, 11) is 1.71. The zero-order chi connectivity index (χ0) is 15.4. The summed E-state index contributed by atoms with van der Waals surface area (Å²) in [5.74, 6) is -0.0449. The molecule has 2 aromatic rings. The van der Waals surface area contributed by atoms with Crippen molar-refractivity contribution < 1.29 is 9.90 Å². The van der Waals surface area contributed by atoms with Gasteiger partial charge in [-0.3, -0.25) is 4.79 Å². The van der Waals surface area contributed by atoms with Crippen LogP contribution in [0.25, 0.3) is 0 Å². The lowest BCUT2D eigenvalue weighted by Gasteiger charge is -2.16. The van der Waals surface area contributed by atoms with E-state index < -0.39 is 0 Å². The van der Waals surface area contributed by atoms with Crippen LogP contribution in [0.5, 0.6) is 0 Å². The van der Waals surface area contributed by atoms with Gasteiger partial charge in [0.05, 0.1) is 12.2 Å². The summed E-state index contributed by atoms with van der Waals surface area (Å²) >= 11 is 0. The molecule has 1 aromatic heterocycles. The summed E-state index contributed by atoms with van der Waals surface area (Å²) in [4.78, 5) is 13.9. The monoisotopic (exact) mass is 286 g/mol. The molecule has 1 N–H and O–H groups in total. The predicted octanol–water partition coefficient (Wildman–Crippen LogP) is 2.22. The Bertz CT molecular complexity index is 617. The van der Waals surface area contributed by atoms with Crippen LogP contribution in [0.3, 0.4) is 0 Å². The van der Waals surface area contributed by atoms with E-state index in [4.69, 9.17) is 5.11 Å². The van der Waals surface area contributed by atoms with Crippen LogP contribution in [0.15, 0.2) is 36.4 Å². The normalized spacial score (nSPS) is 10.7. The van der Waals surface area contributed by atoms with Gasteiger partial charge >= 0.3 is 0 Å². The Kier molecular flexibility index (Phi) is 4.81. The molecule has 0 radical (unpaired) electrons. The zero-order valence-corrected chi connectivity index (χ0v) is 12.8. The predicted molar refractivity (Wildman–Crippen MR) is 83.5 cm³/mol. The third-order valence-electron chi connectivity index (χ3n) is 3.77. The van der Waals surface area contributed by atoms with Crippen LogP contribution in [0.1, 0.15) is 27.3 Å². The van der Waals surface area contributed by atoms with Crippen molar-refractivity contribution in [3.8, 4) is 0 Å². The van der Waals surface area contributed by atoms with Crippen molar-refractivity contribution in [3.63, 3.8) is 0 Å². The second-order valence-electron chi connectivity index (χ2n) is 5.31. The Morgan fingerprint density at radius 1 is 1.24 bits per heavy atom. The smallest absolute Gasteiger partial charge is 0.255 e. The Morgan fingerprint density at radius 3 is 2.52 bits per heavy atom. The van der Waals surface area contributed by atoms with Crippen molar-refractivity contribution in [2.24, 2.45) is 0 Å². The van der Waals surface area contributed by atoms with Gasteiger partial charge in [0.1, 0.15) is 0 Å². The highest BCUT2D eigenvalue weighted by molar-refractivity contribution is 5.95. The van der Waals surface area contributed by atoms with E-state index in [9.17, 15) is 4.79 Å². The molecule has 0 aliphatic heterocycles. The highest BCUT2D eigenvalue weighted by Gasteiger charge is 2.18. The molecule has 0 spiro atoms. The van der Waals surface area contributed by atoms with Crippen LogP contribution < -0.4 is 0 Å². The highest BCUT2D eigenvalue weighted by Crippen LogP contribution is 2.18. The number of aliphatic hydroxyl groups excluding tert-OH is 1. The van der Waals surface area contributed by atoms with E-state index in [2.05, 4.69) is 16.7 Å². The number of aryl methyl sites for hydroxylation is 1. The van der Waals surface area contributed by atoms with Crippen LogP contribution in [0.2, 0.25) is 0 Å². The lowest BCUT2D eigenvalue weighted by Crippen LogP contribution is -2.29. The number of likely N-dealkylation sites (N-methyl/N-ethyl adjacent to an activating group) is 1. The van der Waals surface area contributed by atoms with E-state index in [1.165, 1.54) is 5.56 Å². The number of aromatic nitrogens is 1. The number of nitrogens with zero attached hydrogens (tertiary/aromatic N) is 2. The molecule has 0 bridgehead atoms. The molecule has 1 amide bonds. The first kappa shape index (κ1) is 15.3. The standard InChI is InChI=1S/C17H22N2O2/c1-13-11-16(17(21)18(3)9-10-20)14(2)19(13)12-15-7-5-4-6-8-15/h4-8,11,20H,9-10,12H2,1-3H3. The van der Waals surface area contributed by atoms with E-state index in [-0.39, 0.29) is 12.5 Å². The topological polar surface area (TPSA) is 45.5 Å². The summed E-state index contributed by atoms with van der Waals surface area (Å²) < 4.78 is 2.15. The molecular weight excluding hydrogens is 264 g/mol. The summed E-state index contributed by atoms with van der Waals surface area (Å²) in [6.07, 6.45) is 0. The molecule has 1 heterocycles. The van der Waals surface area contributed by atoms with Crippen molar-refractivity contribution in [2.45, 2.75) is 20.4 Å². The fourth-order valence-electron chi connectivity index (χ4n) is 2.48. The molecule has 0 saturated carbocycles. The lowest BCUT2D eigenvalue weighted by molar-refractivity contribution is 0.0766. The second-order valence-corrected chi connectivity index (χ2v) is 5.31. The molecule has 1 aromatic carbocycles. The Morgan fingerprint density at radius 2 is 1.90 bits per heavy atom. The summed E-state index contributed by atoms with van der Waals surface area (Å²) in [5.41, 5.74) is 3.95. The number of benzene rings is 1. The van der Waals surface area contributed by atoms with Crippen LogP contribution in [0, 0.1) is 13.8 Å².